The lowest BCUT2D eigenvalue weighted by atomic mass is 10.1. The van der Waals surface area contributed by atoms with E-state index < -0.39 is 35.8 Å². The molecule has 1 saturated heterocycles. The minimum Gasteiger partial charge on any atom is -0.433 e. The fourth-order valence-electron chi connectivity index (χ4n) is 3.39. The molecule has 27 heavy (non-hydrogen) atoms. The first-order chi connectivity index (χ1) is 13.0. The smallest absolute Gasteiger partial charge is 0.340 e. The summed E-state index contributed by atoms with van der Waals surface area (Å²) in [4.78, 5) is 38.3. The lowest BCUT2D eigenvalue weighted by Crippen LogP contribution is -2.44. The van der Waals surface area contributed by atoms with E-state index in [-0.39, 0.29) is 24.4 Å². The number of carbonyl (C=O) groups excluding carboxylic acids is 3. The maximum Gasteiger partial charge on any atom is 0.340 e. The molecule has 0 radical (unpaired) electrons. The number of nitrogens with zero attached hydrogens (tertiary/aromatic N) is 1. The van der Waals surface area contributed by atoms with E-state index in [4.69, 9.17) is 4.74 Å². The number of hydrogen-bond donors (Lipinski definition) is 1. The van der Waals surface area contributed by atoms with Gasteiger partial charge in [-0.3, -0.25) is 14.5 Å². The minimum atomic E-state index is -1.00. The predicted molar refractivity (Wildman–Crippen MR) is 89.5 cm³/mol. The molecule has 138 valence electrons. The standard InChI is InChI=1S/C19H14F2N2O4/c20-10-5-6-14(13(21)9-10)22-17(25)15-7-8-16(24)23(15)18-11-3-1-2-4-12(11)19(26)27-18/h1-6,9,15,18H,7-8H2,(H,22,25)/t15-,18-/m1/s1. The van der Waals surface area contributed by atoms with Gasteiger partial charge >= 0.3 is 5.97 Å². The average Bonchev–Trinajstić information content (AvgIpc) is 3.18. The second kappa shape index (κ2) is 6.46. The number of anilines is 1. The molecule has 0 bridgehead atoms. The Morgan fingerprint density at radius 3 is 2.70 bits per heavy atom. The summed E-state index contributed by atoms with van der Waals surface area (Å²) in [5.74, 6) is -3.23. The maximum atomic E-state index is 13.8. The summed E-state index contributed by atoms with van der Waals surface area (Å²) >= 11 is 0. The van der Waals surface area contributed by atoms with Crippen molar-refractivity contribution in [1.29, 1.82) is 0 Å². The molecule has 0 aliphatic carbocycles. The van der Waals surface area contributed by atoms with Crippen LogP contribution in [-0.4, -0.2) is 28.7 Å². The summed E-state index contributed by atoms with van der Waals surface area (Å²) in [5, 5.41) is 2.37. The fourth-order valence-corrected chi connectivity index (χ4v) is 3.39. The number of ether oxygens (including phenoxy) is 1. The monoisotopic (exact) mass is 372 g/mol. The molecule has 8 heteroatoms. The number of rotatable bonds is 3. The highest BCUT2D eigenvalue weighted by Gasteiger charge is 2.46. The van der Waals surface area contributed by atoms with Gasteiger partial charge in [-0.05, 0) is 24.6 Å². The summed E-state index contributed by atoms with van der Waals surface area (Å²) in [6.45, 7) is 0. The van der Waals surface area contributed by atoms with E-state index in [0.717, 1.165) is 12.1 Å². The summed E-state index contributed by atoms with van der Waals surface area (Å²) < 4.78 is 32.2. The molecular weight excluding hydrogens is 358 g/mol. The Hall–Kier alpha value is -3.29. The van der Waals surface area contributed by atoms with E-state index in [0.29, 0.717) is 17.2 Å². The van der Waals surface area contributed by atoms with Crippen molar-refractivity contribution in [2.24, 2.45) is 0 Å². The summed E-state index contributed by atoms with van der Waals surface area (Å²) in [6, 6.07) is 8.47. The van der Waals surface area contributed by atoms with Crippen LogP contribution in [0.25, 0.3) is 0 Å². The van der Waals surface area contributed by atoms with Crippen LogP contribution >= 0.6 is 0 Å². The molecule has 2 heterocycles. The van der Waals surface area contributed by atoms with Crippen LogP contribution in [0, 0.1) is 11.6 Å². The molecule has 0 unspecified atom stereocenters. The Bertz CT molecular complexity index is 962. The van der Waals surface area contributed by atoms with E-state index in [1.807, 2.05) is 0 Å². The second-order valence-electron chi connectivity index (χ2n) is 6.31. The Morgan fingerprint density at radius 2 is 1.93 bits per heavy atom. The van der Waals surface area contributed by atoms with Gasteiger partial charge in [0.1, 0.15) is 17.7 Å². The molecular formula is C19H14F2N2O4. The highest BCUT2D eigenvalue weighted by atomic mass is 19.1. The van der Waals surface area contributed by atoms with Crippen molar-refractivity contribution >= 4 is 23.5 Å². The number of esters is 1. The molecule has 6 nitrogen and oxygen atoms in total. The number of halogens is 2. The van der Waals surface area contributed by atoms with Crippen molar-refractivity contribution in [3.05, 3.63) is 65.2 Å². The molecule has 4 rings (SSSR count). The molecule has 2 aliphatic heterocycles. The van der Waals surface area contributed by atoms with Gasteiger partial charge in [0, 0.05) is 18.1 Å². The molecule has 0 aromatic heterocycles. The third-order valence-corrected chi connectivity index (χ3v) is 4.67. The number of amides is 2. The Labute approximate surface area is 152 Å². The number of fused-ring (bicyclic) bond motifs is 1. The number of carbonyl (C=O) groups is 3. The third kappa shape index (κ3) is 2.92. The highest BCUT2D eigenvalue weighted by Crippen LogP contribution is 2.38. The molecule has 2 aromatic carbocycles. The Morgan fingerprint density at radius 1 is 1.15 bits per heavy atom. The van der Waals surface area contributed by atoms with E-state index in [1.165, 1.54) is 4.90 Å². The van der Waals surface area contributed by atoms with Crippen molar-refractivity contribution < 1.29 is 27.9 Å². The maximum absolute atomic E-state index is 13.8. The van der Waals surface area contributed by atoms with Gasteiger partial charge in [-0.15, -0.1) is 0 Å². The Balaban J connectivity index is 1.60. The van der Waals surface area contributed by atoms with Crippen molar-refractivity contribution in [2.75, 3.05) is 5.32 Å². The molecule has 2 aromatic rings. The number of hydrogen-bond acceptors (Lipinski definition) is 4. The number of likely N-dealkylation sites (tertiary alicyclic amines) is 1. The van der Waals surface area contributed by atoms with Crippen molar-refractivity contribution in [3.63, 3.8) is 0 Å². The van der Waals surface area contributed by atoms with Crippen LogP contribution in [0.4, 0.5) is 14.5 Å². The zero-order valence-electron chi connectivity index (χ0n) is 13.9. The van der Waals surface area contributed by atoms with Gasteiger partial charge in [0.2, 0.25) is 18.0 Å². The topological polar surface area (TPSA) is 75.7 Å². The third-order valence-electron chi connectivity index (χ3n) is 4.67. The average molecular weight is 372 g/mol. The lowest BCUT2D eigenvalue weighted by Gasteiger charge is -2.29. The van der Waals surface area contributed by atoms with Crippen LogP contribution < -0.4 is 5.32 Å². The molecule has 1 fully saturated rings. The largest absolute Gasteiger partial charge is 0.433 e. The normalized spacial score (nSPS) is 21.2. The van der Waals surface area contributed by atoms with Crippen molar-refractivity contribution in [1.82, 2.24) is 4.90 Å². The van der Waals surface area contributed by atoms with Crippen LogP contribution in [0.2, 0.25) is 0 Å². The van der Waals surface area contributed by atoms with E-state index in [1.54, 1.807) is 24.3 Å². The van der Waals surface area contributed by atoms with Crippen LogP contribution in [0.15, 0.2) is 42.5 Å². The fraction of sp³-hybridized carbons (Fsp3) is 0.211. The molecule has 0 spiro atoms. The summed E-state index contributed by atoms with van der Waals surface area (Å²) in [5.41, 5.74) is 0.652. The van der Waals surface area contributed by atoms with Gasteiger partial charge in [-0.25, -0.2) is 13.6 Å². The van der Waals surface area contributed by atoms with Gasteiger partial charge in [0.05, 0.1) is 11.3 Å². The minimum absolute atomic E-state index is 0.0974. The van der Waals surface area contributed by atoms with Gasteiger partial charge < -0.3 is 10.1 Å². The van der Waals surface area contributed by atoms with E-state index in [9.17, 15) is 23.2 Å². The molecule has 2 amide bonds. The van der Waals surface area contributed by atoms with Crippen molar-refractivity contribution in [3.8, 4) is 0 Å². The number of nitrogens with one attached hydrogen (secondary N) is 1. The molecule has 2 aliphatic rings. The summed E-state index contributed by atoms with van der Waals surface area (Å²) in [6.07, 6.45) is -0.707. The number of benzene rings is 2. The lowest BCUT2D eigenvalue weighted by molar-refractivity contribution is -0.144. The van der Waals surface area contributed by atoms with E-state index >= 15 is 0 Å². The molecule has 0 saturated carbocycles. The molecule has 2 atom stereocenters. The van der Waals surface area contributed by atoms with Crippen LogP contribution in [0.5, 0.6) is 0 Å². The van der Waals surface area contributed by atoms with E-state index in [2.05, 4.69) is 5.32 Å². The zero-order chi connectivity index (χ0) is 19.1. The van der Waals surface area contributed by atoms with Gasteiger partial charge in [-0.2, -0.15) is 0 Å². The van der Waals surface area contributed by atoms with Crippen LogP contribution in [0.1, 0.15) is 35.0 Å². The van der Waals surface area contributed by atoms with Gasteiger partial charge in [0.25, 0.3) is 0 Å². The number of cyclic esters (lactones) is 1. The quantitative estimate of drug-likeness (QED) is 0.841. The Kier molecular flexibility index (Phi) is 4.10. The predicted octanol–water partition coefficient (Wildman–Crippen LogP) is 2.76. The first-order valence-electron chi connectivity index (χ1n) is 8.32. The van der Waals surface area contributed by atoms with Crippen molar-refractivity contribution in [2.45, 2.75) is 25.1 Å². The van der Waals surface area contributed by atoms with Crippen LogP contribution in [0.3, 0.4) is 0 Å². The first kappa shape index (κ1) is 17.1. The van der Waals surface area contributed by atoms with Crippen LogP contribution in [-0.2, 0) is 14.3 Å². The second-order valence-corrected chi connectivity index (χ2v) is 6.31. The van der Waals surface area contributed by atoms with Gasteiger partial charge in [-0.1, -0.05) is 18.2 Å². The summed E-state index contributed by atoms with van der Waals surface area (Å²) in [7, 11) is 0. The highest BCUT2D eigenvalue weighted by molar-refractivity contribution is 6.00. The molecule has 1 N–H and O–H groups in total. The SMILES string of the molecule is O=C1O[C@@H](N2C(=O)CC[C@@H]2C(=O)Nc2ccc(F)cc2F)c2ccccc21. The zero-order valence-corrected chi connectivity index (χ0v) is 13.9. The first-order valence-corrected chi connectivity index (χ1v) is 8.32. The van der Waals surface area contributed by atoms with Gasteiger partial charge in [0.15, 0.2) is 0 Å².